The molecule has 6 rings (SSSR count). The molecule has 5 aromatic rings. The van der Waals surface area contributed by atoms with Gasteiger partial charge in [0.15, 0.2) is 0 Å². The van der Waals surface area contributed by atoms with Gasteiger partial charge in [-0.25, -0.2) is 13.1 Å². The number of sulfonamides is 1. The molecule has 9 nitrogen and oxygen atoms in total. The second-order valence-electron chi connectivity index (χ2n) is 13.2. The molecular weight excluding hydrogens is 760 g/mol. The largest absolute Gasteiger partial charge is 0.492 e. The van der Waals surface area contributed by atoms with Crippen molar-refractivity contribution < 1.29 is 31.1 Å². The summed E-state index contributed by atoms with van der Waals surface area (Å²) in [6.45, 7) is 8.89. The topological polar surface area (TPSA) is 104 Å². The first-order valence-corrected chi connectivity index (χ1v) is 20.9. The number of thioether (sulfide) groups is 1. The van der Waals surface area contributed by atoms with Crippen LogP contribution in [-0.2, 0) is 29.2 Å². The number of nitrogens with zero attached hydrogens (tertiary/aromatic N) is 3. The fraction of sp³-hybridized carbons (Fsp3) is 0.286. The van der Waals surface area contributed by atoms with Gasteiger partial charge in [-0.15, -0.1) is 11.8 Å². The Morgan fingerprint density at radius 2 is 1.61 bits per heavy atom. The predicted molar refractivity (Wildman–Crippen MR) is 216 cm³/mol. The number of rotatable bonds is 15. The van der Waals surface area contributed by atoms with Crippen LogP contribution in [0.1, 0.15) is 40.9 Å². The second-order valence-corrected chi connectivity index (χ2v) is 16.1. The minimum atomic E-state index is -4.83. The van der Waals surface area contributed by atoms with E-state index in [1.54, 1.807) is 18.3 Å². The highest BCUT2D eigenvalue weighted by atomic mass is 32.2. The van der Waals surface area contributed by atoms with Gasteiger partial charge in [-0.3, -0.25) is 14.7 Å². The zero-order valence-corrected chi connectivity index (χ0v) is 32.8. The number of halogens is 3. The predicted octanol–water partition coefficient (Wildman–Crippen LogP) is 8.37. The van der Waals surface area contributed by atoms with Crippen LogP contribution in [0.15, 0.2) is 119 Å². The summed E-state index contributed by atoms with van der Waals surface area (Å²) in [5, 5.41) is 2.76. The van der Waals surface area contributed by atoms with E-state index in [1.807, 2.05) is 54.2 Å². The summed E-state index contributed by atoms with van der Waals surface area (Å²) < 4.78 is 75.8. The quantitative estimate of drug-likeness (QED) is 0.0799. The lowest BCUT2D eigenvalue weighted by molar-refractivity contribution is -0.137. The molecule has 1 aromatic heterocycles. The van der Waals surface area contributed by atoms with Crippen LogP contribution in [0.5, 0.6) is 5.75 Å². The number of anilines is 2. The molecule has 56 heavy (non-hydrogen) atoms. The highest BCUT2D eigenvalue weighted by molar-refractivity contribution is 7.99. The SMILES string of the molecule is CCOc1cncc(-c2ccc(CN3CCN(c4ccc(C(=O)NS(=O)(=O)c5ccc(NCCSc6ccccc6)c(C(F)(F)F)c5)cc4)CC3)c(CC)c2)c1. The number of aromatic nitrogens is 1. The number of hydrogen-bond donors (Lipinski definition) is 2. The van der Waals surface area contributed by atoms with Crippen molar-refractivity contribution >= 4 is 39.1 Å². The Balaban J connectivity index is 1.03. The van der Waals surface area contributed by atoms with E-state index in [-0.39, 0.29) is 17.8 Å². The molecule has 4 aromatic carbocycles. The summed E-state index contributed by atoms with van der Waals surface area (Å²) in [7, 11) is -4.61. The highest BCUT2D eigenvalue weighted by Gasteiger charge is 2.35. The number of aryl methyl sites for hydroxylation is 1. The molecular formula is C42H44F3N5O4S2. The van der Waals surface area contributed by atoms with Crippen LogP contribution in [0.2, 0.25) is 0 Å². The number of nitrogens with one attached hydrogen (secondary N) is 2. The molecule has 0 unspecified atom stereocenters. The summed E-state index contributed by atoms with van der Waals surface area (Å²) in [4.78, 5) is 22.3. The number of alkyl halides is 3. The summed E-state index contributed by atoms with van der Waals surface area (Å²) in [6.07, 6.45) is -0.364. The third-order valence-corrected chi connectivity index (χ3v) is 11.8. The minimum Gasteiger partial charge on any atom is -0.492 e. The standard InChI is InChI=1S/C42H44F3N5O4S2/c1-3-30-24-32(34-25-36(54-4-2)28-46-27-34)10-11-33(30)29-49-19-21-50(22-20-49)35-14-12-31(13-15-35)41(51)48-56(52,53)38-16-17-40(39(26-38)42(43,44)45)47-18-23-55-37-8-6-5-7-9-37/h5-17,24-28,47H,3-4,18-23,29H2,1-2H3,(H,48,51). The normalized spacial score (nSPS) is 13.7. The molecule has 1 aliphatic rings. The lowest BCUT2D eigenvalue weighted by atomic mass is 9.98. The van der Waals surface area contributed by atoms with Crippen molar-refractivity contribution in [3.8, 4) is 16.9 Å². The third-order valence-electron chi connectivity index (χ3n) is 9.47. The Morgan fingerprint density at radius 1 is 0.857 bits per heavy atom. The van der Waals surface area contributed by atoms with E-state index >= 15 is 0 Å². The van der Waals surface area contributed by atoms with Gasteiger partial charge in [-0.05, 0) is 90.7 Å². The Bertz CT molecular complexity index is 2210. The van der Waals surface area contributed by atoms with Gasteiger partial charge < -0.3 is 15.0 Å². The molecule has 294 valence electrons. The summed E-state index contributed by atoms with van der Waals surface area (Å²) in [5.74, 6) is 0.301. The monoisotopic (exact) mass is 803 g/mol. The van der Waals surface area contributed by atoms with Crippen LogP contribution in [-0.4, -0.2) is 69.3 Å². The maximum Gasteiger partial charge on any atom is 0.418 e. The van der Waals surface area contributed by atoms with Crippen LogP contribution < -0.4 is 19.7 Å². The molecule has 1 amide bonds. The van der Waals surface area contributed by atoms with Gasteiger partial charge in [-0.2, -0.15) is 13.2 Å². The fourth-order valence-corrected chi connectivity index (χ4v) is 8.32. The summed E-state index contributed by atoms with van der Waals surface area (Å²) >= 11 is 1.48. The molecule has 0 saturated carbocycles. The van der Waals surface area contributed by atoms with Crippen molar-refractivity contribution in [3.63, 3.8) is 0 Å². The van der Waals surface area contributed by atoms with Gasteiger partial charge >= 0.3 is 6.18 Å². The van der Waals surface area contributed by atoms with Gasteiger partial charge in [0.25, 0.3) is 15.9 Å². The number of amides is 1. The van der Waals surface area contributed by atoms with Gasteiger partial charge in [0.1, 0.15) is 5.75 Å². The van der Waals surface area contributed by atoms with Crippen molar-refractivity contribution in [2.75, 3.05) is 55.3 Å². The molecule has 1 saturated heterocycles. The zero-order chi connectivity index (χ0) is 39.7. The molecule has 0 atom stereocenters. The van der Waals surface area contributed by atoms with Gasteiger partial charge in [-0.1, -0.05) is 43.3 Å². The number of piperazine rings is 1. The average molecular weight is 804 g/mol. The smallest absolute Gasteiger partial charge is 0.418 e. The lowest BCUT2D eigenvalue weighted by Gasteiger charge is -2.36. The van der Waals surface area contributed by atoms with Gasteiger partial charge in [0, 0.05) is 78.6 Å². The summed E-state index contributed by atoms with van der Waals surface area (Å²) in [5.41, 5.74) is 4.24. The van der Waals surface area contributed by atoms with Crippen molar-refractivity contribution in [2.24, 2.45) is 0 Å². The maximum atomic E-state index is 14.0. The molecule has 0 aliphatic carbocycles. The molecule has 2 heterocycles. The Morgan fingerprint density at radius 3 is 2.30 bits per heavy atom. The van der Waals surface area contributed by atoms with E-state index < -0.39 is 32.6 Å². The van der Waals surface area contributed by atoms with E-state index in [0.29, 0.717) is 18.4 Å². The van der Waals surface area contributed by atoms with E-state index in [1.165, 1.54) is 35.0 Å². The average Bonchev–Trinajstić information content (AvgIpc) is 3.20. The number of carbonyl (C=O) groups is 1. The Hall–Kier alpha value is -5.05. The van der Waals surface area contributed by atoms with E-state index in [0.717, 1.165) is 78.7 Å². The first-order valence-electron chi connectivity index (χ1n) is 18.4. The molecule has 1 fully saturated rings. The highest BCUT2D eigenvalue weighted by Crippen LogP contribution is 2.36. The van der Waals surface area contributed by atoms with E-state index in [2.05, 4.69) is 45.2 Å². The second kappa shape index (κ2) is 18.3. The lowest BCUT2D eigenvalue weighted by Crippen LogP contribution is -2.46. The van der Waals surface area contributed by atoms with Crippen molar-refractivity contribution in [3.05, 3.63) is 132 Å². The molecule has 2 N–H and O–H groups in total. The maximum absolute atomic E-state index is 14.0. The first-order chi connectivity index (χ1) is 26.9. The zero-order valence-electron chi connectivity index (χ0n) is 31.2. The van der Waals surface area contributed by atoms with E-state index in [9.17, 15) is 26.4 Å². The van der Waals surface area contributed by atoms with Crippen LogP contribution in [0.4, 0.5) is 24.5 Å². The minimum absolute atomic E-state index is 0.0668. The third kappa shape index (κ3) is 10.4. The number of carbonyl (C=O) groups excluding carboxylic acids is 1. The van der Waals surface area contributed by atoms with Crippen LogP contribution in [0.3, 0.4) is 0 Å². The Kier molecular flexibility index (Phi) is 13.2. The molecule has 14 heteroatoms. The first kappa shape index (κ1) is 40.6. The van der Waals surface area contributed by atoms with E-state index in [4.69, 9.17) is 4.74 Å². The van der Waals surface area contributed by atoms with Gasteiger partial charge in [0.2, 0.25) is 0 Å². The van der Waals surface area contributed by atoms with Crippen molar-refractivity contribution in [1.29, 1.82) is 0 Å². The van der Waals surface area contributed by atoms with Crippen molar-refractivity contribution in [2.45, 2.75) is 42.8 Å². The van der Waals surface area contributed by atoms with Crippen LogP contribution in [0.25, 0.3) is 11.1 Å². The number of ether oxygens (including phenoxy) is 1. The van der Waals surface area contributed by atoms with Gasteiger partial charge in [0.05, 0.1) is 23.3 Å². The number of pyridine rings is 1. The molecule has 1 aliphatic heterocycles. The summed E-state index contributed by atoms with van der Waals surface area (Å²) in [6, 6.07) is 27.2. The van der Waals surface area contributed by atoms with Crippen molar-refractivity contribution in [1.82, 2.24) is 14.6 Å². The number of hydrogen-bond acceptors (Lipinski definition) is 9. The fourth-order valence-electron chi connectivity index (χ4n) is 6.53. The number of benzene rings is 4. The molecule has 0 bridgehead atoms. The molecule has 0 radical (unpaired) electrons. The van der Waals surface area contributed by atoms with Crippen LogP contribution >= 0.6 is 11.8 Å². The van der Waals surface area contributed by atoms with Crippen LogP contribution in [0, 0.1) is 0 Å². The Labute approximate surface area is 330 Å². The molecule has 0 spiro atoms.